The zero-order valence-corrected chi connectivity index (χ0v) is 18.1. The Morgan fingerprint density at radius 1 is 0.962 bits per heavy atom. The molecule has 1 aliphatic carbocycles. The molecule has 0 aliphatic heterocycles. The van der Waals surface area contributed by atoms with Gasteiger partial charge in [0.1, 0.15) is 5.75 Å². The molecule has 0 spiro atoms. The van der Waals surface area contributed by atoms with Gasteiger partial charge in [-0.2, -0.15) is 0 Å². The first-order valence-electron chi connectivity index (χ1n) is 8.22. The Balaban J connectivity index is 1.97. The number of carboxylic acid groups (broad SMARTS) is 1. The zero-order valence-electron chi connectivity index (χ0n) is 13.8. The highest BCUT2D eigenvalue weighted by Gasteiger charge is 2.32. The topological polar surface area (TPSA) is 97.7 Å². The number of aliphatic carboxylic acids is 1. The van der Waals surface area contributed by atoms with Gasteiger partial charge in [0.15, 0.2) is 19.4 Å². The molecule has 1 saturated carbocycles. The number of esters is 1. The van der Waals surface area contributed by atoms with Crippen LogP contribution < -0.4 is 4.74 Å². The first-order valence-corrected chi connectivity index (χ1v) is 10.7. The largest absolute Gasteiger partial charge is 0.480 e. The number of benzene rings is 1. The van der Waals surface area contributed by atoms with E-state index >= 15 is 0 Å². The molecule has 1 fully saturated rings. The van der Waals surface area contributed by atoms with E-state index in [2.05, 4.69) is 0 Å². The van der Waals surface area contributed by atoms with Crippen LogP contribution in [0, 0.1) is 5.92 Å². The molecule has 2 atom stereocenters. The lowest BCUT2D eigenvalue weighted by Crippen LogP contribution is -2.34. The van der Waals surface area contributed by atoms with E-state index in [0.29, 0.717) is 0 Å². The van der Waals surface area contributed by atoms with Crippen LogP contribution in [0.3, 0.4) is 0 Å². The summed E-state index contributed by atoms with van der Waals surface area (Å²) in [6, 6.07) is 5.66. The van der Waals surface area contributed by atoms with E-state index in [0.717, 1.165) is 32.1 Å². The fourth-order valence-corrected chi connectivity index (χ4v) is 3.82. The van der Waals surface area contributed by atoms with Gasteiger partial charge in [0.2, 0.25) is 0 Å². The third kappa shape index (κ3) is 5.48. The highest BCUT2D eigenvalue weighted by molar-refractivity contribution is 14.1. The average molecular weight is 584 g/mol. The third-order valence-electron chi connectivity index (χ3n) is 4.27. The van der Waals surface area contributed by atoms with Crippen LogP contribution in [0.4, 0.5) is 0 Å². The maximum absolute atomic E-state index is 12.4. The highest BCUT2D eigenvalue weighted by atomic mass is 127. The summed E-state index contributed by atoms with van der Waals surface area (Å²) in [5.41, 5.74) is 0.218. The normalized spacial score (nSPS) is 17.2. The number of Topliss-reactive ketones (excluding diaryl/α,β-unsaturated/α-hetero) is 2. The van der Waals surface area contributed by atoms with Crippen LogP contribution in [-0.4, -0.2) is 36.5 Å². The van der Waals surface area contributed by atoms with Crippen molar-refractivity contribution in [3.63, 3.8) is 0 Å². The predicted octanol–water partition coefficient (Wildman–Crippen LogP) is 3.62. The molecule has 2 rings (SSSR count). The number of carboxylic acids is 1. The fourth-order valence-electron chi connectivity index (χ4n) is 2.82. The number of alkyl halides is 2. The molecular formula is C18H18I2O6. The van der Waals surface area contributed by atoms with E-state index in [9.17, 15) is 19.2 Å². The molecule has 26 heavy (non-hydrogen) atoms. The predicted molar refractivity (Wildman–Crippen MR) is 111 cm³/mol. The van der Waals surface area contributed by atoms with E-state index in [1.165, 1.54) is 24.3 Å². The second-order valence-corrected chi connectivity index (χ2v) is 8.60. The Hall–Kier alpha value is -1.04. The van der Waals surface area contributed by atoms with Gasteiger partial charge < -0.3 is 9.84 Å². The summed E-state index contributed by atoms with van der Waals surface area (Å²) in [7, 11) is 0. The van der Waals surface area contributed by atoms with Gasteiger partial charge in [0.05, 0.1) is 0 Å². The molecule has 0 saturated heterocycles. The number of hydrogen-bond donors (Lipinski definition) is 1. The molecule has 1 aromatic rings. The highest BCUT2D eigenvalue weighted by Crippen LogP contribution is 2.27. The molecule has 8 heteroatoms. The van der Waals surface area contributed by atoms with Gasteiger partial charge in [-0.25, -0.2) is 0 Å². The summed E-state index contributed by atoms with van der Waals surface area (Å²) >= 11 is 3.36. The molecular weight excluding hydrogens is 566 g/mol. The van der Waals surface area contributed by atoms with Crippen molar-refractivity contribution in [2.75, 3.05) is 0 Å². The van der Waals surface area contributed by atoms with E-state index in [-0.39, 0.29) is 23.0 Å². The third-order valence-corrected chi connectivity index (χ3v) is 6.49. The monoisotopic (exact) mass is 584 g/mol. The molecule has 0 heterocycles. The van der Waals surface area contributed by atoms with Crippen LogP contribution in [0.25, 0.3) is 0 Å². The number of carbonyl (C=O) groups is 4. The molecule has 0 aromatic heterocycles. The number of ketones is 2. The van der Waals surface area contributed by atoms with Gasteiger partial charge in [-0.1, -0.05) is 64.4 Å². The summed E-state index contributed by atoms with van der Waals surface area (Å²) in [5, 5.41) is 8.88. The second kappa shape index (κ2) is 9.77. The molecule has 1 aromatic carbocycles. The van der Waals surface area contributed by atoms with Crippen molar-refractivity contribution in [3.05, 3.63) is 29.8 Å². The standard InChI is InChI=1S/C18H18I2O6/c19-13(17(23)24)15(21)11-6-8-12(9-7-11)26-18(25)14(20)16(22)10-4-2-1-3-5-10/h6-10,13-14H,1-5H2,(H,23,24). The maximum atomic E-state index is 12.4. The summed E-state index contributed by atoms with van der Waals surface area (Å²) in [5.74, 6) is -2.32. The van der Waals surface area contributed by atoms with Crippen LogP contribution in [0.15, 0.2) is 24.3 Å². The van der Waals surface area contributed by atoms with Gasteiger partial charge in [0, 0.05) is 11.5 Å². The second-order valence-electron chi connectivity index (χ2n) is 6.11. The van der Waals surface area contributed by atoms with E-state index in [1.807, 2.05) is 22.6 Å². The van der Waals surface area contributed by atoms with Gasteiger partial charge in [0.25, 0.3) is 0 Å². The minimum atomic E-state index is -1.21. The Labute approximate surface area is 178 Å². The van der Waals surface area contributed by atoms with Crippen LogP contribution in [-0.2, 0) is 14.4 Å². The van der Waals surface area contributed by atoms with Crippen LogP contribution in [0.5, 0.6) is 5.75 Å². The van der Waals surface area contributed by atoms with Crippen molar-refractivity contribution in [3.8, 4) is 5.75 Å². The molecule has 2 unspecified atom stereocenters. The van der Waals surface area contributed by atoms with Gasteiger partial charge in [-0.15, -0.1) is 0 Å². The quantitative estimate of drug-likeness (QED) is 0.132. The zero-order chi connectivity index (χ0) is 19.3. The Morgan fingerprint density at radius 3 is 2.08 bits per heavy atom. The molecule has 0 bridgehead atoms. The maximum Gasteiger partial charge on any atom is 0.331 e. The first-order chi connectivity index (χ1) is 12.3. The lowest BCUT2D eigenvalue weighted by atomic mass is 9.85. The van der Waals surface area contributed by atoms with Crippen LogP contribution in [0.1, 0.15) is 42.5 Å². The van der Waals surface area contributed by atoms with Crippen molar-refractivity contribution < 1.29 is 29.0 Å². The average Bonchev–Trinajstić information content (AvgIpc) is 2.66. The van der Waals surface area contributed by atoms with E-state index in [1.54, 1.807) is 22.6 Å². The van der Waals surface area contributed by atoms with Crippen molar-refractivity contribution in [1.29, 1.82) is 0 Å². The first kappa shape index (κ1) is 21.3. The number of hydrogen-bond acceptors (Lipinski definition) is 5. The van der Waals surface area contributed by atoms with Crippen LogP contribution >= 0.6 is 45.2 Å². The Kier molecular flexibility index (Phi) is 7.99. The van der Waals surface area contributed by atoms with Crippen molar-refractivity contribution in [1.82, 2.24) is 0 Å². The molecule has 140 valence electrons. The molecule has 6 nitrogen and oxygen atoms in total. The van der Waals surface area contributed by atoms with Crippen molar-refractivity contribution in [2.24, 2.45) is 5.92 Å². The minimum absolute atomic E-state index is 0.0743. The Bertz CT molecular complexity index is 694. The number of halogens is 2. The minimum Gasteiger partial charge on any atom is -0.480 e. The fraction of sp³-hybridized carbons (Fsp3) is 0.444. The van der Waals surface area contributed by atoms with E-state index < -0.39 is 25.6 Å². The summed E-state index contributed by atoms with van der Waals surface area (Å²) in [4.78, 5) is 47.4. The summed E-state index contributed by atoms with van der Waals surface area (Å²) in [6.45, 7) is 0. The SMILES string of the molecule is O=C(O)C(I)C(=O)c1ccc(OC(=O)C(I)C(=O)C2CCCCC2)cc1. The number of carbonyl (C=O) groups excluding carboxylic acids is 3. The number of rotatable bonds is 7. The summed E-state index contributed by atoms with van der Waals surface area (Å²) < 4.78 is 3.20. The lowest BCUT2D eigenvalue weighted by molar-refractivity contribution is -0.138. The van der Waals surface area contributed by atoms with Gasteiger partial charge >= 0.3 is 11.9 Å². The van der Waals surface area contributed by atoms with Crippen molar-refractivity contribution >= 4 is 68.7 Å². The van der Waals surface area contributed by atoms with Crippen molar-refractivity contribution in [2.45, 2.75) is 40.0 Å². The number of ether oxygens (including phenoxy) is 1. The molecule has 0 radical (unpaired) electrons. The smallest absolute Gasteiger partial charge is 0.331 e. The molecule has 1 N–H and O–H groups in total. The molecule has 0 amide bonds. The van der Waals surface area contributed by atoms with Gasteiger partial charge in [-0.05, 0) is 37.1 Å². The Morgan fingerprint density at radius 2 is 1.54 bits per heavy atom. The van der Waals surface area contributed by atoms with Gasteiger partial charge in [-0.3, -0.25) is 19.2 Å². The lowest BCUT2D eigenvalue weighted by Gasteiger charge is -2.22. The van der Waals surface area contributed by atoms with Crippen LogP contribution in [0.2, 0.25) is 0 Å². The molecule has 1 aliphatic rings. The van der Waals surface area contributed by atoms with E-state index in [4.69, 9.17) is 9.84 Å². The summed E-state index contributed by atoms with van der Waals surface area (Å²) in [6.07, 6.45) is 4.80.